The number of nitrogens with one attached hydrogen (secondary N) is 1. The molecule has 0 bridgehead atoms. The standard InChI is InChI=1S/C21H23N3O4S2/c1-28-9-4-23-21(27)14(13-22)10-16-12-19-20(29-16)17-3-2-15(11-18(17)30-19)24(5-7-25)6-8-26/h2-3,10-12,25-26H,4-9H2,1H3,(H,23,27)/b14-10+. The number of ether oxygens (including phenoxy) is 1. The lowest BCUT2D eigenvalue weighted by Gasteiger charge is -2.22. The van der Waals surface area contributed by atoms with Crippen molar-refractivity contribution >= 4 is 59.8 Å². The van der Waals surface area contributed by atoms with E-state index >= 15 is 0 Å². The molecule has 0 spiro atoms. The number of hydrogen-bond acceptors (Lipinski definition) is 8. The van der Waals surface area contributed by atoms with E-state index in [0.29, 0.717) is 26.2 Å². The Morgan fingerprint density at radius 1 is 1.23 bits per heavy atom. The van der Waals surface area contributed by atoms with Crippen molar-refractivity contribution in [2.24, 2.45) is 0 Å². The number of thiophene rings is 2. The average Bonchev–Trinajstić information content (AvgIpc) is 3.28. The van der Waals surface area contributed by atoms with Crippen molar-refractivity contribution in [3.63, 3.8) is 0 Å². The molecule has 1 aromatic carbocycles. The molecule has 3 rings (SSSR count). The van der Waals surface area contributed by atoms with Gasteiger partial charge in [0.25, 0.3) is 5.91 Å². The molecule has 0 unspecified atom stereocenters. The maximum atomic E-state index is 12.1. The van der Waals surface area contributed by atoms with Crippen LogP contribution < -0.4 is 10.2 Å². The molecule has 0 radical (unpaired) electrons. The van der Waals surface area contributed by atoms with Gasteiger partial charge in [-0.25, -0.2) is 0 Å². The predicted molar refractivity (Wildman–Crippen MR) is 122 cm³/mol. The van der Waals surface area contributed by atoms with Crippen molar-refractivity contribution in [3.8, 4) is 6.07 Å². The van der Waals surface area contributed by atoms with Crippen LogP contribution in [-0.4, -0.2) is 62.7 Å². The van der Waals surface area contributed by atoms with Gasteiger partial charge in [-0.2, -0.15) is 5.26 Å². The number of carbonyl (C=O) groups excluding carboxylic acids is 1. The van der Waals surface area contributed by atoms with E-state index in [-0.39, 0.29) is 18.8 Å². The minimum absolute atomic E-state index is 0.0214. The van der Waals surface area contributed by atoms with E-state index in [9.17, 15) is 20.3 Å². The Kier molecular flexibility index (Phi) is 7.79. The topological polar surface area (TPSA) is 106 Å². The zero-order valence-corrected chi connectivity index (χ0v) is 18.2. The Labute approximate surface area is 182 Å². The largest absolute Gasteiger partial charge is 0.395 e. The Hall–Kier alpha value is -2.48. The van der Waals surface area contributed by atoms with Gasteiger partial charge < -0.3 is 25.2 Å². The molecule has 0 aliphatic carbocycles. The molecule has 9 heteroatoms. The zero-order chi connectivity index (χ0) is 21.5. The quantitative estimate of drug-likeness (QED) is 0.252. The van der Waals surface area contributed by atoms with Crippen molar-refractivity contribution in [1.29, 1.82) is 5.26 Å². The molecule has 3 N–H and O–H groups in total. The van der Waals surface area contributed by atoms with Crippen molar-refractivity contribution in [2.45, 2.75) is 0 Å². The third kappa shape index (κ3) is 4.98. The van der Waals surface area contributed by atoms with Crippen molar-refractivity contribution < 1.29 is 19.7 Å². The molecule has 0 saturated carbocycles. The first-order chi connectivity index (χ1) is 14.6. The molecule has 0 atom stereocenters. The maximum absolute atomic E-state index is 12.1. The lowest BCUT2D eigenvalue weighted by atomic mass is 10.2. The number of benzene rings is 1. The van der Waals surface area contributed by atoms with Crippen molar-refractivity contribution in [3.05, 3.63) is 34.7 Å². The minimum atomic E-state index is -0.409. The Morgan fingerprint density at radius 3 is 2.67 bits per heavy atom. The van der Waals surface area contributed by atoms with E-state index in [4.69, 9.17) is 4.74 Å². The normalized spacial score (nSPS) is 11.7. The number of rotatable bonds is 10. The number of anilines is 1. The molecule has 30 heavy (non-hydrogen) atoms. The fourth-order valence-electron chi connectivity index (χ4n) is 3.09. The van der Waals surface area contributed by atoms with Gasteiger partial charge in [-0.1, -0.05) is 6.07 Å². The van der Waals surface area contributed by atoms with Crippen LogP contribution in [0, 0.1) is 11.3 Å². The molecule has 7 nitrogen and oxygen atoms in total. The average molecular weight is 446 g/mol. The molecule has 3 aromatic rings. The molecule has 0 aliphatic heterocycles. The zero-order valence-electron chi connectivity index (χ0n) is 16.6. The van der Waals surface area contributed by atoms with E-state index in [1.54, 1.807) is 35.9 Å². The second-order valence-corrected chi connectivity index (χ2v) is 8.64. The van der Waals surface area contributed by atoms with Crippen LogP contribution in [0.2, 0.25) is 0 Å². The molecule has 1 amide bonds. The van der Waals surface area contributed by atoms with Crippen LogP contribution in [0.3, 0.4) is 0 Å². The van der Waals surface area contributed by atoms with Crippen LogP contribution in [0.15, 0.2) is 29.8 Å². The van der Waals surface area contributed by atoms with Crippen molar-refractivity contribution in [2.75, 3.05) is 51.5 Å². The van der Waals surface area contributed by atoms with Gasteiger partial charge in [0.15, 0.2) is 0 Å². The number of fused-ring (bicyclic) bond motifs is 3. The predicted octanol–water partition coefficient (Wildman–Crippen LogP) is 2.58. The number of nitrogens with zero attached hydrogens (tertiary/aromatic N) is 2. The highest BCUT2D eigenvalue weighted by molar-refractivity contribution is 7.33. The molecular formula is C21H23N3O4S2. The molecule has 158 valence electrons. The van der Waals surface area contributed by atoms with Crippen LogP contribution in [0.25, 0.3) is 25.6 Å². The van der Waals surface area contributed by atoms with Gasteiger partial charge in [-0.15, -0.1) is 22.7 Å². The first-order valence-electron chi connectivity index (χ1n) is 9.43. The summed E-state index contributed by atoms with van der Waals surface area (Å²) in [6.45, 7) is 1.71. The highest BCUT2D eigenvalue weighted by atomic mass is 32.1. The second kappa shape index (κ2) is 10.5. The lowest BCUT2D eigenvalue weighted by molar-refractivity contribution is -0.117. The summed E-state index contributed by atoms with van der Waals surface area (Å²) in [6.07, 6.45) is 1.62. The number of amides is 1. The lowest BCUT2D eigenvalue weighted by Crippen LogP contribution is -2.29. The molecule has 0 saturated heterocycles. The third-order valence-electron chi connectivity index (χ3n) is 4.50. The van der Waals surface area contributed by atoms with E-state index in [1.807, 2.05) is 29.2 Å². The van der Waals surface area contributed by atoms with E-state index in [2.05, 4.69) is 11.4 Å². The minimum Gasteiger partial charge on any atom is -0.395 e. The van der Waals surface area contributed by atoms with E-state index in [1.165, 1.54) is 0 Å². The second-order valence-electron chi connectivity index (χ2n) is 6.48. The summed E-state index contributed by atoms with van der Waals surface area (Å²) in [4.78, 5) is 14.9. The van der Waals surface area contributed by atoms with Gasteiger partial charge in [0, 0.05) is 52.1 Å². The highest BCUT2D eigenvalue weighted by Crippen LogP contribution is 2.41. The molecular weight excluding hydrogens is 422 g/mol. The van der Waals surface area contributed by atoms with Gasteiger partial charge in [0.1, 0.15) is 11.6 Å². The van der Waals surface area contributed by atoms with Gasteiger partial charge in [0.2, 0.25) is 0 Å². The molecule has 2 aromatic heterocycles. The Bertz CT molecular complexity index is 1090. The summed E-state index contributed by atoms with van der Waals surface area (Å²) >= 11 is 3.18. The number of aliphatic hydroxyl groups excluding tert-OH is 2. The van der Waals surface area contributed by atoms with Crippen LogP contribution in [-0.2, 0) is 9.53 Å². The van der Waals surface area contributed by atoms with Crippen LogP contribution in [0.1, 0.15) is 4.88 Å². The molecule has 0 aliphatic rings. The highest BCUT2D eigenvalue weighted by Gasteiger charge is 2.14. The van der Waals surface area contributed by atoms with Crippen LogP contribution in [0.4, 0.5) is 5.69 Å². The fraction of sp³-hybridized carbons (Fsp3) is 0.333. The first kappa shape index (κ1) is 22.2. The third-order valence-corrected chi connectivity index (χ3v) is 6.84. The summed E-state index contributed by atoms with van der Waals surface area (Å²) in [7, 11) is 1.55. The van der Waals surface area contributed by atoms with E-state index < -0.39 is 5.91 Å². The number of carbonyl (C=O) groups is 1. The summed E-state index contributed by atoms with van der Waals surface area (Å²) in [5, 5.41) is 31.6. The Balaban J connectivity index is 1.88. The number of methoxy groups -OCH3 is 1. The molecule has 2 heterocycles. The SMILES string of the molecule is COCCNC(=O)/C(C#N)=C/c1cc2sc3cc(N(CCO)CCO)ccc3c2s1. The summed E-state index contributed by atoms with van der Waals surface area (Å²) in [5.41, 5.74) is 1.02. The summed E-state index contributed by atoms with van der Waals surface area (Å²) in [5.74, 6) is -0.409. The number of nitriles is 1. The van der Waals surface area contributed by atoms with Gasteiger partial charge in [-0.05, 0) is 24.3 Å². The van der Waals surface area contributed by atoms with E-state index in [0.717, 1.165) is 30.1 Å². The smallest absolute Gasteiger partial charge is 0.262 e. The maximum Gasteiger partial charge on any atom is 0.262 e. The van der Waals surface area contributed by atoms with Crippen LogP contribution >= 0.6 is 22.7 Å². The van der Waals surface area contributed by atoms with Gasteiger partial charge >= 0.3 is 0 Å². The van der Waals surface area contributed by atoms with Crippen LogP contribution in [0.5, 0.6) is 0 Å². The Morgan fingerprint density at radius 2 is 2.00 bits per heavy atom. The summed E-state index contributed by atoms with van der Waals surface area (Å²) in [6, 6.07) is 10.0. The number of aliphatic hydroxyl groups is 2. The van der Waals surface area contributed by atoms with Gasteiger partial charge in [-0.3, -0.25) is 4.79 Å². The first-order valence-corrected chi connectivity index (χ1v) is 11.1. The van der Waals surface area contributed by atoms with Crippen molar-refractivity contribution in [1.82, 2.24) is 5.32 Å². The fourth-order valence-corrected chi connectivity index (χ4v) is 5.60. The number of hydrogen-bond donors (Lipinski definition) is 3. The monoisotopic (exact) mass is 445 g/mol. The summed E-state index contributed by atoms with van der Waals surface area (Å²) < 4.78 is 8.22. The van der Waals surface area contributed by atoms with Gasteiger partial charge in [0.05, 0.1) is 24.5 Å². The molecule has 0 fully saturated rings.